The van der Waals surface area contributed by atoms with Crippen LogP contribution in [0.5, 0.6) is 5.75 Å². The summed E-state index contributed by atoms with van der Waals surface area (Å²) in [6.07, 6.45) is -1.50. The van der Waals surface area contributed by atoms with Gasteiger partial charge in [-0.3, -0.25) is 38.4 Å². The second kappa shape index (κ2) is 17.3. The first-order valence-electron chi connectivity index (χ1n) is 18.1. The van der Waals surface area contributed by atoms with Gasteiger partial charge in [0.15, 0.2) is 11.8 Å². The third-order valence-corrected chi connectivity index (χ3v) is 11.7. The highest BCUT2D eigenvalue weighted by molar-refractivity contribution is 7.91. The number of amides is 7. The Morgan fingerprint density at radius 2 is 1.77 bits per heavy atom. The van der Waals surface area contributed by atoms with Gasteiger partial charge in [0.1, 0.15) is 29.1 Å². The molecule has 2 aliphatic heterocycles. The normalized spacial score (nSPS) is 27.5. The Hall–Kier alpha value is -5.25. The number of fused-ring (bicyclic) bond motifs is 3. The number of nitrogens with zero attached hydrogens (tertiary/aromatic N) is 1. The lowest BCUT2D eigenvalue weighted by Gasteiger charge is -2.29. The average molecular weight is 802 g/mol. The molecular formula is C35H47N9O11S. The summed E-state index contributed by atoms with van der Waals surface area (Å²) < 4.78 is 19.6. The SMILES string of the molecule is CC[C@H](C)C1NC(=O)CNC(=O)[C@@H](N)Cc2c([nH]c3cc(OC)ccc23)[S+]([O-])C[C@@H](C(=O)N[C@@H](CC(N)=O)C(=O)N2C[C@H](O)CC23CC3=O)NC(=O)CNC1=O. The number of hydrogen-bond acceptors (Lipinski definition) is 12. The fourth-order valence-electron chi connectivity index (χ4n) is 6.98. The fourth-order valence-corrected chi connectivity index (χ4v) is 8.37. The Morgan fingerprint density at radius 3 is 2.39 bits per heavy atom. The highest BCUT2D eigenvalue weighted by atomic mass is 32.2. The Bertz CT molecular complexity index is 1920. The summed E-state index contributed by atoms with van der Waals surface area (Å²) in [5, 5.41) is 23.1. The topological polar surface area (TPSA) is 320 Å². The zero-order valence-corrected chi connectivity index (χ0v) is 31.9. The molecule has 1 spiro atoms. The number of benzene rings is 1. The van der Waals surface area contributed by atoms with Crippen molar-refractivity contribution in [1.29, 1.82) is 0 Å². The maximum Gasteiger partial charge on any atom is 0.248 e. The largest absolute Gasteiger partial charge is 0.610 e. The van der Waals surface area contributed by atoms with Crippen molar-refractivity contribution in [2.45, 2.75) is 86.8 Å². The van der Waals surface area contributed by atoms with Gasteiger partial charge in [0.05, 0.1) is 44.3 Å². The number of aliphatic hydroxyl groups excluding tert-OH is 1. The zero-order valence-electron chi connectivity index (χ0n) is 31.1. The van der Waals surface area contributed by atoms with E-state index in [9.17, 15) is 48.0 Å². The molecule has 1 aromatic heterocycles. The van der Waals surface area contributed by atoms with Crippen LogP contribution < -0.4 is 42.8 Å². The molecule has 2 fully saturated rings. The fraction of sp³-hybridized carbons (Fsp3) is 0.543. The number of carbonyl (C=O) groups excluding carboxylic acids is 8. The molecule has 1 aromatic carbocycles. The third kappa shape index (κ3) is 9.23. The minimum absolute atomic E-state index is 0.0101. The summed E-state index contributed by atoms with van der Waals surface area (Å²) in [5.41, 5.74) is 11.2. The summed E-state index contributed by atoms with van der Waals surface area (Å²) in [6.45, 7) is 2.05. The number of hydrogen-bond donors (Lipinski definition) is 9. The third-order valence-electron chi connectivity index (χ3n) is 10.3. The average Bonchev–Trinajstić information content (AvgIpc) is 3.47. The number of methoxy groups -OCH3 is 1. The van der Waals surface area contributed by atoms with Crippen LogP contribution in [0, 0.1) is 5.92 Å². The van der Waals surface area contributed by atoms with Crippen molar-refractivity contribution in [1.82, 2.24) is 36.5 Å². The first-order valence-corrected chi connectivity index (χ1v) is 19.4. The number of aromatic amines is 1. The molecule has 0 bridgehead atoms. The molecule has 8 atom stereocenters. The number of rotatable bonds is 8. The molecule has 11 N–H and O–H groups in total. The van der Waals surface area contributed by atoms with E-state index in [0.29, 0.717) is 28.6 Å². The van der Waals surface area contributed by atoms with Gasteiger partial charge in [0, 0.05) is 54.0 Å². The first-order chi connectivity index (χ1) is 26.5. The molecule has 20 nitrogen and oxygen atoms in total. The van der Waals surface area contributed by atoms with E-state index >= 15 is 0 Å². The van der Waals surface area contributed by atoms with E-state index in [4.69, 9.17) is 16.2 Å². The predicted molar refractivity (Wildman–Crippen MR) is 198 cm³/mol. The van der Waals surface area contributed by atoms with Crippen molar-refractivity contribution in [3.8, 4) is 5.75 Å². The first kappa shape index (κ1) is 41.9. The lowest BCUT2D eigenvalue weighted by molar-refractivity contribution is -0.141. The van der Waals surface area contributed by atoms with Crippen molar-refractivity contribution in [3.05, 3.63) is 23.8 Å². The molecular weight excluding hydrogens is 755 g/mol. The second-order valence-electron chi connectivity index (χ2n) is 14.3. The quantitative estimate of drug-likeness (QED) is 0.116. The molecule has 3 heterocycles. The number of primary amides is 1. The van der Waals surface area contributed by atoms with Crippen LogP contribution in [0.15, 0.2) is 23.2 Å². The smallest absolute Gasteiger partial charge is 0.248 e. The molecule has 3 unspecified atom stereocenters. The van der Waals surface area contributed by atoms with Crippen LogP contribution in [0.4, 0.5) is 0 Å². The Labute approximate surface area is 324 Å². The minimum atomic E-state index is -2.18. The lowest BCUT2D eigenvalue weighted by Crippen LogP contribution is -2.59. The maximum absolute atomic E-state index is 14.3. The van der Waals surface area contributed by atoms with Crippen LogP contribution in [-0.4, -0.2) is 135 Å². The summed E-state index contributed by atoms with van der Waals surface area (Å²) in [4.78, 5) is 109. The zero-order chi connectivity index (χ0) is 41.1. The second-order valence-corrected chi connectivity index (χ2v) is 15.8. The van der Waals surface area contributed by atoms with Crippen molar-refractivity contribution >= 4 is 69.2 Å². The predicted octanol–water partition coefficient (Wildman–Crippen LogP) is -3.92. The lowest BCUT2D eigenvalue weighted by atomic mass is 9.98. The van der Waals surface area contributed by atoms with E-state index < -0.39 is 120 Å². The van der Waals surface area contributed by atoms with E-state index in [2.05, 4.69) is 31.6 Å². The number of aromatic nitrogens is 1. The molecule has 1 aliphatic carbocycles. The number of nitrogens with two attached hydrogens (primary N) is 2. The highest BCUT2D eigenvalue weighted by Gasteiger charge is 2.64. The Kier molecular flexibility index (Phi) is 12.9. The van der Waals surface area contributed by atoms with E-state index in [0.717, 1.165) is 4.90 Å². The Morgan fingerprint density at radius 1 is 1.11 bits per heavy atom. The summed E-state index contributed by atoms with van der Waals surface area (Å²) in [6, 6.07) is -0.805. The number of nitrogens with one attached hydrogen (secondary N) is 6. The standard InChI is InChI=1S/C35H47N9O11S/c1-4-16(2)29-32(52)39-12-27(48)40-24(31(51)41-23(9-26(37)47)34(53)44-14-17(45)10-35(44)11-25(35)46)15-56(54)33-20(8-21(36)30(50)38-13-28(49)43-29)19-6-5-18(55-3)7-22(19)42-33/h5-7,16-17,21,23-24,29,42,45H,4,8-15,36H2,1-3H3,(H2,37,47)(H,38,50)(H,39,52)(H,40,48)(H,41,51)(H,43,49)/t16-,17+,21-,23-,24-,29?,35?,56?/m0/s1. The van der Waals surface area contributed by atoms with Gasteiger partial charge in [-0.2, -0.15) is 0 Å². The van der Waals surface area contributed by atoms with Gasteiger partial charge in [-0.15, -0.1) is 0 Å². The van der Waals surface area contributed by atoms with Gasteiger partial charge < -0.3 is 62.3 Å². The van der Waals surface area contributed by atoms with Crippen LogP contribution in [0.1, 0.15) is 45.1 Å². The van der Waals surface area contributed by atoms with Crippen LogP contribution in [-0.2, 0) is 56.0 Å². The van der Waals surface area contributed by atoms with Gasteiger partial charge in [0.2, 0.25) is 46.4 Å². The van der Waals surface area contributed by atoms with Crippen LogP contribution >= 0.6 is 0 Å². The van der Waals surface area contributed by atoms with Gasteiger partial charge >= 0.3 is 0 Å². The van der Waals surface area contributed by atoms with E-state index in [1.54, 1.807) is 32.0 Å². The molecule has 5 rings (SSSR count). The maximum atomic E-state index is 14.3. The van der Waals surface area contributed by atoms with Gasteiger partial charge in [-0.25, -0.2) is 0 Å². The van der Waals surface area contributed by atoms with Crippen molar-refractivity contribution in [2.75, 3.05) is 32.5 Å². The number of likely N-dealkylation sites (tertiary alicyclic amines) is 1. The van der Waals surface area contributed by atoms with Crippen molar-refractivity contribution in [3.63, 3.8) is 0 Å². The molecule has 21 heteroatoms. The minimum Gasteiger partial charge on any atom is -0.610 e. The number of ketones is 1. The van der Waals surface area contributed by atoms with Gasteiger partial charge in [-0.1, -0.05) is 20.3 Å². The number of β-amino-alcohol motifs (C(OH)–C–C–N with tert-alkyl or cyclic N) is 1. The van der Waals surface area contributed by atoms with Gasteiger partial charge in [0.25, 0.3) is 0 Å². The van der Waals surface area contributed by atoms with Crippen molar-refractivity contribution < 1.29 is 52.8 Å². The molecule has 3 aliphatic rings. The molecule has 304 valence electrons. The number of H-pyrrole nitrogens is 1. The van der Waals surface area contributed by atoms with E-state index in [1.165, 1.54) is 7.11 Å². The molecule has 7 amide bonds. The molecule has 0 radical (unpaired) electrons. The molecule has 56 heavy (non-hydrogen) atoms. The van der Waals surface area contributed by atoms with Crippen LogP contribution in [0.2, 0.25) is 0 Å². The summed E-state index contributed by atoms with van der Waals surface area (Å²) in [5.74, 6) is -6.88. The molecule has 2 aromatic rings. The number of aliphatic hydroxyl groups is 1. The van der Waals surface area contributed by atoms with Gasteiger partial charge in [-0.05, 0) is 18.1 Å². The summed E-state index contributed by atoms with van der Waals surface area (Å²) in [7, 11) is 1.45. The van der Waals surface area contributed by atoms with Crippen LogP contribution in [0.25, 0.3) is 10.9 Å². The Balaban J connectivity index is 1.50. The monoisotopic (exact) mass is 801 g/mol. The van der Waals surface area contributed by atoms with E-state index in [1.807, 2.05) is 0 Å². The summed E-state index contributed by atoms with van der Waals surface area (Å²) >= 11 is -2.18. The number of ether oxygens (including phenoxy) is 1. The van der Waals surface area contributed by atoms with Crippen molar-refractivity contribution in [2.24, 2.45) is 17.4 Å². The number of Topliss-reactive ketones (excluding diaryl/α,β-unsaturated/α-hetero) is 1. The number of carbonyl (C=O) groups is 8. The molecule has 1 saturated heterocycles. The van der Waals surface area contributed by atoms with Crippen LogP contribution in [0.3, 0.4) is 0 Å². The van der Waals surface area contributed by atoms with E-state index in [-0.39, 0.29) is 36.6 Å². The molecule has 1 saturated carbocycles. The highest BCUT2D eigenvalue weighted by Crippen LogP contribution is 2.46.